The van der Waals surface area contributed by atoms with Crippen molar-refractivity contribution in [3.8, 4) is 0 Å². The maximum absolute atomic E-state index is 10.5. The Morgan fingerprint density at radius 3 is 2.77 bits per heavy atom. The molecule has 3 nitrogen and oxygen atoms in total. The van der Waals surface area contributed by atoms with Gasteiger partial charge in [-0.25, -0.2) is 4.79 Å². The van der Waals surface area contributed by atoms with Crippen molar-refractivity contribution in [3.05, 3.63) is 28.8 Å². The molecule has 0 saturated carbocycles. The molecule has 1 aromatic rings. The van der Waals surface area contributed by atoms with Gasteiger partial charge in [0, 0.05) is 10.7 Å². The number of primary amides is 1. The molecule has 1 aromatic carbocycles. The Bertz CT molecular complexity index is 325. The Balaban J connectivity index is 2.89. The Morgan fingerprint density at radius 2 is 2.31 bits per heavy atom. The third-order valence-corrected chi connectivity index (χ3v) is 2.05. The van der Waals surface area contributed by atoms with Crippen LogP contribution in [-0.2, 0) is 6.42 Å². The minimum atomic E-state index is -0.583. The lowest BCUT2D eigenvalue weighted by molar-refractivity contribution is 0.259. The molecule has 0 unspecified atom stereocenters. The molecule has 1 rings (SSSR count). The molecule has 0 aromatic heterocycles. The number of nitrogens with two attached hydrogens (primary N) is 1. The zero-order chi connectivity index (χ0) is 9.84. The quantitative estimate of drug-likeness (QED) is 0.753. The first-order valence-electron chi connectivity index (χ1n) is 3.98. The van der Waals surface area contributed by atoms with Crippen LogP contribution >= 0.6 is 11.6 Å². The van der Waals surface area contributed by atoms with Crippen LogP contribution in [0.1, 0.15) is 12.5 Å². The van der Waals surface area contributed by atoms with E-state index < -0.39 is 6.03 Å². The first kappa shape index (κ1) is 9.86. The first-order valence-corrected chi connectivity index (χ1v) is 4.36. The van der Waals surface area contributed by atoms with Crippen LogP contribution in [0.15, 0.2) is 18.2 Å². The molecule has 13 heavy (non-hydrogen) atoms. The molecule has 0 heterocycles. The monoisotopic (exact) mass is 198 g/mol. The van der Waals surface area contributed by atoms with E-state index in [1.54, 1.807) is 12.1 Å². The summed E-state index contributed by atoms with van der Waals surface area (Å²) in [7, 11) is 0. The summed E-state index contributed by atoms with van der Waals surface area (Å²) >= 11 is 5.92. The summed E-state index contributed by atoms with van der Waals surface area (Å²) in [5.41, 5.74) is 6.62. The molecule has 2 amide bonds. The number of amides is 2. The highest BCUT2D eigenvalue weighted by molar-refractivity contribution is 6.31. The Morgan fingerprint density at radius 1 is 1.62 bits per heavy atom. The molecule has 0 fully saturated rings. The molecule has 0 aliphatic carbocycles. The van der Waals surface area contributed by atoms with Crippen LogP contribution in [0.5, 0.6) is 0 Å². The summed E-state index contributed by atoms with van der Waals surface area (Å²) in [4.78, 5) is 10.5. The van der Waals surface area contributed by atoms with Crippen LogP contribution < -0.4 is 11.1 Å². The highest BCUT2D eigenvalue weighted by Crippen LogP contribution is 2.20. The Hall–Kier alpha value is -1.22. The van der Waals surface area contributed by atoms with E-state index in [1.807, 2.05) is 13.0 Å². The van der Waals surface area contributed by atoms with Gasteiger partial charge in [-0.1, -0.05) is 24.6 Å². The number of rotatable bonds is 2. The smallest absolute Gasteiger partial charge is 0.316 e. The summed E-state index contributed by atoms with van der Waals surface area (Å²) in [6, 6.07) is 4.74. The number of aryl methyl sites for hydroxylation is 1. The maximum atomic E-state index is 10.5. The van der Waals surface area contributed by atoms with E-state index in [1.165, 1.54) is 0 Å². The minimum absolute atomic E-state index is 0.583. The summed E-state index contributed by atoms with van der Waals surface area (Å²) in [5, 5.41) is 3.10. The van der Waals surface area contributed by atoms with Crippen LogP contribution in [0.2, 0.25) is 5.02 Å². The van der Waals surface area contributed by atoms with Crippen molar-refractivity contribution < 1.29 is 4.79 Å². The van der Waals surface area contributed by atoms with Crippen LogP contribution in [-0.4, -0.2) is 6.03 Å². The van der Waals surface area contributed by atoms with Gasteiger partial charge in [0.2, 0.25) is 0 Å². The van der Waals surface area contributed by atoms with Gasteiger partial charge in [0.05, 0.1) is 0 Å². The number of hydrogen-bond acceptors (Lipinski definition) is 1. The summed E-state index contributed by atoms with van der Waals surface area (Å²) in [5.74, 6) is 0. The van der Waals surface area contributed by atoms with E-state index in [9.17, 15) is 4.79 Å². The molecular formula is C9H11ClN2O. The van der Waals surface area contributed by atoms with Crippen molar-refractivity contribution in [2.24, 2.45) is 5.73 Å². The summed E-state index contributed by atoms with van der Waals surface area (Å²) in [6.45, 7) is 2.02. The molecule has 0 bridgehead atoms. The molecule has 0 aliphatic heterocycles. The van der Waals surface area contributed by atoms with Gasteiger partial charge in [-0.3, -0.25) is 0 Å². The fraction of sp³-hybridized carbons (Fsp3) is 0.222. The highest BCUT2D eigenvalue weighted by Gasteiger charge is 2.00. The average molecular weight is 199 g/mol. The molecule has 0 spiro atoms. The largest absolute Gasteiger partial charge is 0.351 e. The Labute approximate surface area is 81.9 Å². The van der Waals surface area contributed by atoms with E-state index in [-0.39, 0.29) is 0 Å². The minimum Gasteiger partial charge on any atom is -0.351 e. The zero-order valence-corrected chi connectivity index (χ0v) is 8.06. The number of anilines is 1. The summed E-state index contributed by atoms with van der Waals surface area (Å²) < 4.78 is 0. The van der Waals surface area contributed by atoms with Gasteiger partial charge < -0.3 is 11.1 Å². The molecule has 70 valence electrons. The summed E-state index contributed by atoms with van der Waals surface area (Å²) in [6.07, 6.45) is 0.871. The van der Waals surface area contributed by atoms with E-state index in [0.717, 1.165) is 12.0 Å². The lowest BCUT2D eigenvalue weighted by Crippen LogP contribution is -2.19. The second-order valence-corrected chi connectivity index (χ2v) is 3.06. The van der Waals surface area contributed by atoms with Crippen molar-refractivity contribution in [3.63, 3.8) is 0 Å². The molecule has 0 saturated heterocycles. The number of hydrogen-bond donors (Lipinski definition) is 2. The van der Waals surface area contributed by atoms with Crippen molar-refractivity contribution >= 4 is 23.3 Å². The van der Waals surface area contributed by atoms with Gasteiger partial charge in [-0.05, 0) is 24.1 Å². The number of benzene rings is 1. The van der Waals surface area contributed by atoms with Gasteiger partial charge in [0.15, 0.2) is 0 Å². The van der Waals surface area contributed by atoms with Gasteiger partial charge in [0.1, 0.15) is 0 Å². The second-order valence-electron chi connectivity index (χ2n) is 2.65. The normalized spacial score (nSPS) is 9.69. The molecule has 0 atom stereocenters. The first-order chi connectivity index (χ1) is 6.13. The molecule has 3 N–H and O–H groups in total. The third kappa shape index (κ3) is 2.63. The lowest BCUT2D eigenvalue weighted by atomic mass is 10.1. The molecular weight excluding hydrogens is 188 g/mol. The number of halogens is 1. The van der Waals surface area contributed by atoms with Gasteiger partial charge in [-0.15, -0.1) is 0 Å². The van der Waals surface area contributed by atoms with E-state index in [4.69, 9.17) is 17.3 Å². The van der Waals surface area contributed by atoms with Crippen LogP contribution in [0.25, 0.3) is 0 Å². The highest BCUT2D eigenvalue weighted by atomic mass is 35.5. The lowest BCUT2D eigenvalue weighted by Gasteiger charge is -2.04. The van der Waals surface area contributed by atoms with Gasteiger partial charge in [-0.2, -0.15) is 0 Å². The zero-order valence-electron chi connectivity index (χ0n) is 7.30. The topological polar surface area (TPSA) is 55.1 Å². The maximum Gasteiger partial charge on any atom is 0.316 e. The fourth-order valence-corrected chi connectivity index (χ4v) is 1.37. The molecule has 0 radical (unpaired) electrons. The standard InChI is InChI=1S/C9H11ClN2O/c1-2-6-3-4-7(5-8(6)10)12-9(11)13/h3-5H,2H2,1H3,(H3,11,12,13). The van der Waals surface area contributed by atoms with Crippen LogP contribution in [0.4, 0.5) is 10.5 Å². The third-order valence-electron chi connectivity index (χ3n) is 1.70. The predicted molar refractivity (Wildman–Crippen MR) is 54.0 cm³/mol. The van der Waals surface area contributed by atoms with Crippen molar-refractivity contribution in [1.82, 2.24) is 0 Å². The SMILES string of the molecule is CCc1ccc(NC(N)=O)cc1Cl. The molecule has 4 heteroatoms. The number of carbonyl (C=O) groups is 1. The molecule has 0 aliphatic rings. The van der Waals surface area contributed by atoms with Crippen molar-refractivity contribution in [2.75, 3.05) is 5.32 Å². The van der Waals surface area contributed by atoms with Crippen molar-refractivity contribution in [1.29, 1.82) is 0 Å². The van der Waals surface area contributed by atoms with E-state index in [2.05, 4.69) is 5.32 Å². The van der Waals surface area contributed by atoms with Crippen LogP contribution in [0, 0.1) is 0 Å². The Kier molecular flexibility index (Phi) is 3.14. The number of nitrogens with one attached hydrogen (secondary N) is 1. The van der Waals surface area contributed by atoms with Gasteiger partial charge >= 0.3 is 6.03 Å². The number of urea groups is 1. The van der Waals surface area contributed by atoms with E-state index >= 15 is 0 Å². The van der Waals surface area contributed by atoms with E-state index in [0.29, 0.717) is 10.7 Å². The number of carbonyl (C=O) groups excluding carboxylic acids is 1. The van der Waals surface area contributed by atoms with Gasteiger partial charge in [0.25, 0.3) is 0 Å². The van der Waals surface area contributed by atoms with Crippen molar-refractivity contribution in [2.45, 2.75) is 13.3 Å². The second kappa shape index (κ2) is 4.14. The predicted octanol–water partition coefficient (Wildman–Crippen LogP) is 2.39. The average Bonchev–Trinajstić information content (AvgIpc) is 2.03. The fourth-order valence-electron chi connectivity index (χ4n) is 1.05. The van der Waals surface area contributed by atoms with Crippen LogP contribution in [0.3, 0.4) is 0 Å².